The standard InChI is InChI=1S/C20H20N2O4/c1-12-17(19(23)13-7-5-4-6-8-13)18(22-20(24)21-12)15-10-9-14(25-2)11-16(15)26-3/h4-11,18H,1-3H3,(H2,21,22,24)/t18-/m0/s1. The van der Waals surface area contributed by atoms with E-state index in [0.29, 0.717) is 33.9 Å². The third-order valence-electron chi connectivity index (χ3n) is 4.30. The summed E-state index contributed by atoms with van der Waals surface area (Å²) in [6.45, 7) is 1.72. The maximum Gasteiger partial charge on any atom is 0.319 e. The Balaban J connectivity index is 2.11. The molecule has 6 heteroatoms. The summed E-state index contributed by atoms with van der Waals surface area (Å²) in [6.07, 6.45) is 0. The van der Waals surface area contributed by atoms with Gasteiger partial charge in [-0.2, -0.15) is 0 Å². The van der Waals surface area contributed by atoms with E-state index in [2.05, 4.69) is 10.6 Å². The van der Waals surface area contributed by atoms with Crippen molar-refractivity contribution in [3.63, 3.8) is 0 Å². The van der Waals surface area contributed by atoms with Gasteiger partial charge in [0, 0.05) is 28.5 Å². The van der Waals surface area contributed by atoms with Crippen molar-refractivity contribution in [2.45, 2.75) is 13.0 Å². The molecule has 0 unspecified atom stereocenters. The van der Waals surface area contributed by atoms with Crippen LogP contribution < -0.4 is 20.1 Å². The van der Waals surface area contributed by atoms with E-state index in [1.165, 1.54) is 7.11 Å². The molecule has 0 radical (unpaired) electrons. The Bertz CT molecular complexity index is 875. The van der Waals surface area contributed by atoms with Crippen LogP contribution >= 0.6 is 0 Å². The van der Waals surface area contributed by atoms with Crippen molar-refractivity contribution in [2.24, 2.45) is 0 Å². The molecular formula is C20H20N2O4. The zero-order chi connectivity index (χ0) is 18.7. The minimum atomic E-state index is -0.627. The molecule has 6 nitrogen and oxygen atoms in total. The number of Topliss-reactive ketones (excluding diaryl/α,β-unsaturated/α-hetero) is 1. The molecule has 0 spiro atoms. The number of rotatable bonds is 5. The molecule has 2 amide bonds. The minimum absolute atomic E-state index is 0.154. The second-order valence-electron chi connectivity index (χ2n) is 5.87. The molecule has 0 aliphatic carbocycles. The highest BCUT2D eigenvalue weighted by molar-refractivity contribution is 6.11. The Labute approximate surface area is 151 Å². The molecule has 2 aromatic carbocycles. The number of allylic oxidation sites excluding steroid dienone is 1. The van der Waals surface area contributed by atoms with Gasteiger partial charge in [0.2, 0.25) is 0 Å². The van der Waals surface area contributed by atoms with Crippen LogP contribution in [0.3, 0.4) is 0 Å². The Morgan fingerprint density at radius 2 is 1.77 bits per heavy atom. The van der Waals surface area contributed by atoms with Crippen molar-refractivity contribution >= 4 is 11.8 Å². The van der Waals surface area contributed by atoms with Gasteiger partial charge in [0.1, 0.15) is 11.5 Å². The topological polar surface area (TPSA) is 76.7 Å². The Hall–Kier alpha value is -3.28. The molecule has 1 atom stereocenters. The molecule has 3 rings (SSSR count). The number of hydrogen-bond acceptors (Lipinski definition) is 4. The summed E-state index contributed by atoms with van der Waals surface area (Å²) in [4.78, 5) is 25.2. The van der Waals surface area contributed by atoms with Crippen molar-refractivity contribution < 1.29 is 19.1 Å². The fourth-order valence-electron chi connectivity index (χ4n) is 3.03. The molecule has 2 N–H and O–H groups in total. The van der Waals surface area contributed by atoms with Gasteiger partial charge in [0.05, 0.1) is 20.3 Å². The summed E-state index contributed by atoms with van der Waals surface area (Å²) < 4.78 is 10.7. The molecule has 0 saturated carbocycles. The SMILES string of the molecule is COc1ccc([C@@H]2NC(=O)NC(C)=C2C(=O)c2ccccc2)c(OC)c1. The quantitative estimate of drug-likeness (QED) is 0.810. The number of urea groups is 1. The second kappa shape index (κ2) is 7.31. The van der Waals surface area contributed by atoms with E-state index in [1.807, 2.05) is 6.07 Å². The van der Waals surface area contributed by atoms with Gasteiger partial charge in [0.15, 0.2) is 5.78 Å². The van der Waals surface area contributed by atoms with Crippen molar-refractivity contribution in [2.75, 3.05) is 14.2 Å². The molecule has 1 heterocycles. The van der Waals surface area contributed by atoms with Crippen molar-refractivity contribution in [1.29, 1.82) is 0 Å². The first-order valence-electron chi connectivity index (χ1n) is 8.15. The average molecular weight is 352 g/mol. The highest BCUT2D eigenvalue weighted by atomic mass is 16.5. The number of hydrogen-bond donors (Lipinski definition) is 2. The summed E-state index contributed by atoms with van der Waals surface area (Å²) in [5.41, 5.74) is 2.23. The van der Waals surface area contributed by atoms with Gasteiger partial charge < -0.3 is 20.1 Å². The molecule has 1 aliphatic rings. The number of ketones is 1. The predicted octanol–water partition coefficient (Wildman–Crippen LogP) is 3.21. The lowest BCUT2D eigenvalue weighted by atomic mass is 9.89. The zero-order valence-corrected chi connectivity index (χ0v) is 14.8. The van der Waals surface area contributed by atoms with Gasteiger partial charge >= 0.3 is 6.03 Å². The van der Waals surface area contributed by atoms with E-state index in [-0.39, 0.29) is 11.8 Å². The van der Waals surface area contributed by atoms with E-state index in [0.717, 1.165) is 0 Å². The third-order valence-corrected chi connectivity index (χ3v) is 4.30. The summed E-state index contributed by atoms with van der Waals surface area (Å²) in [5, 5.41) is 5.51. The van der Waals surface area contributed by atoms with E-state index in [1.54, 1.807) is 56.5 Å². The first-order valence-corrected chi connectivity index (χ1v) is 8.15. The Morgan fingerprint density at radius 3 is 2.42 bits per heavy atom. The van der Waals surface area contributed by atoms with Crippen LogP contribution in [0.2, 0.25) is 0 Å². The van der Waals surface area contributed by atoms with Crippen LogP contribution in [-0.2, 0) is 0 Å². The maximum atomic E-state index is 13.1. The van der Waals surface area contributed by atoms with Gasteiger partial charge in [-0.1, -0.05) is 30.3 Å². The number of methoxy groups -OCH3 is 2. The number of benzene rings is 2. The molecule has 26 heavy (non-hydrogen) atoms. The van der Waals surface area contributed by atoms with Crippen molar-refractivity contribution in [3.8, 4) is 11.5 Å². The normalized spacial score (nSPS) is 16.6. The monoisotopic (exact) mass is 352 g/mol. The molecule has 0 saturated heterocycles. The van der Waals surface area contributed by atoms with Crippen LogP contribution in [0.5, 0.6) is 11.5 Å². The molecule has 0 fully saturated rings. The zero-order valence-electron chi connectivity index (χ0n) is 14.8. The van der Waals surface area contributed by atoms with E-state index in [4.69, 9.17) is 9.47 Å². The van der Waals surface area contributed by atoms with Gasteiger partial charge in [-0.15, -0.1) is 0 Å². The van der Waals surface area contributed by atoms with Crippen LogP contribution in [0.4, 0.5) is 4.79 Å². The van der Waals surface area contributed by atoms with E-state index < -0.39 is 6.04 Å². The first-order chi connectivity index (χ1) is 12.5. The summed E-state index contributed by atoms with van der Waals surface area (Å²) in [5.74, 6) is 1.00. The summed E-state index contributed by atoms with van der Waals surface area (Å²) >= 11 is 0. The van der Waals surface area contributed by atoms with Gasteiger partial charge in [-0.25, -0.2) is 4.79 Å². The number of carbonyl (C=O) groups excluding carboxylic acids is 2. The van der Waals surface area contributed by atoms with E-state index >= 15 is 0 Å². The summed E-state index contributed by atoms with van der Waals surface area (Å²) in [7, 11) is 3.10. The molecule has 134 valence electrons. The van der Waals surface area contributed by atoms with Gasteiger partial charge in [-0.3, -0.25) is 4.79 Å². The van der Waals surface area contributed by atoms with Gasteiger partial charge in [0.25, 0.3) is 0 Å². The molecule has 1 aliphatic heterocycles. The smallest absolute Gasteiger partial charge is 0.319 e. The molecule has 0 bridgehead atoms. The average Bonchev–Trinajstić information content (AvgIpc) is 2.67. The lowest BCUT2D eigenvalue weighted by Gasteiger charge is -2.29. The van der Waals surface area contributed by atoms with Crippen molar-refractivity contribution in [1.82, 2.24) is 10.6 Å². The second-order valence-corrected chi connectivity index (χ2v) is 5.87. The maximum absolute atomic E-state index is 13.1. The van der Waals surface area contributed by atoms with Crippen molar-refractivity contribution in [3.05, 3.63) is 70.9 Å². The lowest BCUT2D eigenvalue weighted by Crippen LogP contribution is -2.45. The minimum Gasteiger partial charge on any atom is -0.497 e. The Kier molecular flexibility index (Phi) is 4.93. The summed E-state index contributed by atoms with van der Waals surface area (Å²) in [6, 6.07) is 13.3. The molecular weight excluding hydrogens is 332 g/mol. The van der Waals surface area contributed by atoms with Crippen LogP contribution in [0.25, 0.3) is 0 Å². The number of amides is 2. The largest absolute Gasteiger partial charge is 0.497 e. The fraction of sp³-hybridized carbons (Fsp3) is 0.200. The van der Waals surface area contributed by atoms with Crippen LogP contribution in [0, 0.1) is 0 Å². The molecule has 2 aromatic rings. The van der Waals surface area contributed by atoms with Crippen LogP contribution in [0.15, 0.2) is 59.8 Å². The van der Waals surface area contributed by atoms with Gasteiger partial charge in [-0.05, 0) is 19.1 Å². The van der Waals surface area contributed by atoms with Crippen LogP contribution in [-0.4, -0.2) is 26.0 Å². The van der Waals surface area contributed by atoms with Crippen LogP contribution in [0.1, 0.15) is 28.9 Å². The lowest BCUT2D eigenvalue weighted by molar-refractivity contribution is 0.102. The highest BCUT2D eigenvalue weighted by Gasteiger charge is 2.33. The highest BCUT2D eigenvalue weighted by Crippen LogP contribution is 2.36. The fourth-order valence-corrected chi connectivity index (χ4v) is 3.03. The number of carbonyl (C=O) groups is 2. The number of nitrogens with one attached hydrogen (secondary N) is 2. The predicted molar refractivity (Wildman–Crippen MR) is 97.4 cm³/mol. The molecule has 0 aromatic heterocycles. The third kappa shape index (κ3) is 3.26. The first kappa shape index (κ1) is 17.5. The van der Waals surface area contributed by atoms with E-state index in [9.17, 15) is 9.59 Å². The Morgan fingerprint density at radius 1 is 1.04 bits per heavy atom. The number of ether oxygens (including phenoxy) is 2.